The van der Waals surface area contributed by atoms with E-state index < -0.39 is 17.9 Å². The van der Waals surface area contributed by atoms with Crippen LogP contribution in [0.5, 0.6) is 0 Å². The monoisotopic (exact) mass is 366 g/mol. The minimum Gasteiger partial charge on any atom is -0.299 e. The average Bonchev–Trinajstić information content (AvgIpc) is 2.42. The van der Waals surface area contributed by atoms with Crippen LogP contribution >= 0.6 is 15.9 Å². The molecule has 2 rings (SSSR count). The van der Waals surface area contributed by atoms with Gasteiger partial charge in [0, 0.05) is 12.3 Å². The molecule has 0 bridgehead atoms. The first-order valence-electron chi connectivity index (χ1n) is 6.80. The molecule has 0 unspecified atom stereocenters. The molecule has 1 saturated carbocycles. The quantitative estimate of drug-likeness (QED) is 0.682. The lowest BCUT2D eigenvalue weighted by molar-refractivity contribution is -0.184. The minimum absolute atomic E-state index is 0.0209. The Morgan fingerprint density at radius 3 is 2.33 bits per heavy atom. The summed E-state index contributed by atoms with van der Waals surface area (Å²) < 4.78 is 51.1. The molecule has 1 fully saturated rings. The summed E-state index contributed by atoms with van der Waals surface area (Å²) in [5.74, 6) is -2.06. The van der Waals surface area contributed by atoms with Gasteiger partial charge in [-0.2, -0.15) is 13.2 Å². The summed E-state index contributed by atoms with van der Waals surface area (Å²) in [6.07, 6.45) is -3.41. The Balaban J connectivity index is 1.92. The number of carbonyl (C=O) groups excluding carboxylic acids is 1. The molecule has 0 amide bonds. The van der Waals surface area contributed by atoms with Crippen LogP contribution in [0, 0.1) is 17.7 Å². The Labute approximate surface area is 128 Å². The molecule has 6 heteroatoms. The second kappa shape index (κ2) is 6.46. The molecule has 1 aromatic rings. The van der Waals surface area contributed by atoms with Gasteiger partial charge >= 0.3 is 6.18 Å². The van der Waals surface area contributed by atoms with Crippen LogP contribution in [0.15, 0.2) is 22.7 Å². The van der Waals surface area contributed by atoms with Crippen LogP contribution in [-0.4, -0.2) is 12.0 Å². The number of ketones is 1. The summed E-state index contributed by atoms with van der Waals surface area (Å²) >= 11 is 3.05. The first-order chi connectivity index (χ1) is 9.77. The Kier molecular flexibility index (Phi) is 5.07. The van der Waals surface area contributed by atoms with E-state index in [-0.39, 0.29) is 48.3 Å². The summed E-state index contributed by atoms with van der Waals surface area (Å²) in [4.78, 5) is 12.1. The molecular weight excluding hydrogens is 352 g/mol. The minimum atomic E-state index is -4.16. The standard InChI is InChI=1S/C15H15BrF4O/c16-12-7-9(1-6-13(12)17)8-14(21)10-2-4-11(5-3-10)15(18,19)20/h1,6-7,10-11H,2-5,8H2. The van der Waals surface area contributed by atoms with Crippen LogP contribution in [-0.2, 0) is 11.2 Å². The predicted octanol–water partition coefficient (Wildman–Crippen LogP) is 5.07. The van der Waals surface area contributed by atoms with Gasteiger partial charge in [-0.05, 0) is 59.3 Å². The third-order valence-electron chi connectivity index (χ3n) is 4.01. The average molecular weight is 367 g/mol. The molecule has 0 aliphatic heterocycles. The third-order valence-corrected chi connectivity index (χ3v) is 4.62. The summed E-state index contributed by atoms with van der Waals surface area (Å²) in [5, 5.41) is 0. The summed E-state index contributed by atoms with van der Waals surface area (Å²) in [5.41, 5.74) is 0.672. The molecule has 0 heterocycles. The van der Waals surface area contributed by atoms with Gasteiger partial charge in [0.1, 0.15) is 11.6 Å². The van der Waals surface area contributed by atoms with Crippen LogP contribution in [0.4, 0.5) is 17.6 Å². The molecule has 0 aromatic heterocycles. The molecule has 116 valence electrons. The maximum Gasteiger partial charge on any atom is 0.391 e. The van der Waals surface area contributed by atoms with Crippen LogP contribution in [0.3, 0.4) is 0 Å². The Bertz CT molecular complexity index is 519. The van der Waals surface area contributed by atoms with E-state index in [1.807, 2.05) is 0 Å². The van der Waals surface area contributed by atoms with Crippen molar-refractivity contribution in [3.8, 4) is 0 Å². The van der Waals surface area contributed by atoms with Crippen molar-refractivity contribution < 1.29 is 22.4 Å². The van der Waals surface area contributed by atoms with Crippen molar-refractivity contribution in [1.29, 1.82) is 0 Å². The van der Waals surface area contributed by atoms with Crippen molar-refractivity contribution in [2.45, 2.75) is 38.3 Å². The lowest BCUT2D eigenvalue weighted by atomic mass is 9.78. The van der Waals surface area contributed by atoms with Gasteiger partial charge in [0.25, 0.3) is 0 Å². The second-order valence-corrected chi connectivity index (χ2v) is 6.34. The zero-order valence-corrected chi connectivity index (χ0v) is 12.8. The fraction of sp³-hybridized carbons (Fsp3) is 0.533. The topological polar surface area (TPSA) is 17.1 Å². The number of Topliss-reactive ketones (excluding diaryl/α,β-unsaturated/α-hetero) is 1. The highest BCUT2D eigenvalue weighted by Crippen LogP contribution is 2.40. The maximum atomic E-state index is 13.1. The van der Waals surface area contributed by atoms with Gasteiger partial charge < -0.3 is 0 Å². The molecule has 0 radical (unpaired) electrons. The van der Waals surface area contributed by atoms with E-state index in [4.69, 9.17) is 0 Å². The van der Waals surface area contributed by atoms with Gasteiger partial charge in [-0.3, -0.25) is 4.79 Å². The van der Waals surface area contributed by atoms with Gasteiger partial charge in [-0.15, -0.1) is 0 Å². The van der Waals surface area contributed by atoms with Crippen molar-refractivity contribution in [1.82, 2.24) is 0 Å². The number of halogens is 5. The molecule has 0 atom stereocenters. The number of hydrogen-bond donors (Lipinski definition) is 0. The van der Waals surface area contributed by atoms with Gasteiger partial charge in [0.2, 0.25) is 0 Å². The number of hydrogen-bond acceptors (Lipinski definition) is 1. The lowest BCUT2D eigenvalue weighted by Gasteiger charge is -2.29. The van der Waals surface area contributed by atoms with Gasteiger partial charge in [-0.25, -0.2) is 4.39 Å². The van der Waals surface area contributed by atoms with E-state index in [0.717, 1.165) is 0 Å². The molecule has 0 saturated heterocycles. The number of rotatable bonds is 3. The number of benzene rings is 1. The summed E-state index contributed by atoms with van der Waals surface area (Å²) in [6, 6.07) is 4.33. The van der Waals surface area contributed by atoms with Crippen molar-refractivity contribution >= 4 is 21.7 Å². The van der Waals surface area contributed by atoms with Crippen LogP contribution in [0.25, 0.3) is 0 Å². The molecule has 1 aliphatic carbocycles. The zero-order valence-electron chi connectivity index (χ0n) is 11.2. The van der Waals surface area contributed by atoms with Gasteiger partial charge in [0.15, 0.2) is 0 Å². The highest BCUT2D eigenvalue weighted by atomic mass is 79.9. The predicted molar refractivity (Wildman–Crippen MR) is 74.3 cm³/mol. The third kappa shape index (κ3) is 4.28. The Morgan fingerprint density at radius 2 is 1.81 bits per heavy atom. The highest BCUT2D eigenvalue weighted by Gasteiger charge is 2.42. The first-order valence-corrected chi connectivity index (χ1v) is 7.60. The van der Waals surface area contributed by atoms with Crippen LogP contribution < -0.4 is 0 Å². The fourth-order valence-corrected chi connectivity index (χ4v) is 3.16. The first kappa shape index (κ1) is 16.5. The van der Waals surface area contributed by atoms with E-state index >= 15 is 0 Å². The highest BCUT2D eigenvalue weighted by molar-refractivity contribution is 9.10. The van der Waals surface area contributed by atoms with E-state index in [1.165, 1.54) is 18.2 Å². The zero-order chi connectivity index (χ0) is 15.6. The van der Waals surface area contributed by atoms with Gasteiger partial charge in [0.05, 0.1) is 10.4 Å². The molecule has 21 heavy (non-hydrogen) atoms. The second-order valence-electron chi connectivity index (χ2n) is 5.48. The molecular formula is C15H15BrF4O. The fourth-order valence-electron chi connectivity index (χ4n) is 2.74. The molecule has 0 spiro atoms. The summed E-state index contributed by atoms with van der Waals surface area (Å²) in [6.45, 7) is 0. The number of alkyl halides is 3. The number of carbonyl (C=O) groups is 1. The van der Waals surface area contributed by atoms with Crippen LogP contribution in [0.1, 0.15) is 31.2 Å². The van der Waals surface area contributed by atoms with Crippen molar-refractivity contribution in [2.75, 3.05) is 0 Å². The smallest absolute Gasteiger partial charge is 0.299 e. The van der Waals surface area contributed by atoms with E-state index in [2.05, 4.69) is 15.9 Å². The van der Waals surface area contributed by atoms with E-state index in [0.29, 0.717) is 5.56 Å². The van der Waals surface area contributed by atoms with Crippen molar-refractivity contribution in [3.05, 3.63) is 34.1 Å². The Hall–Kier alpha value is -0.910. The maximum absolute atomic E-state index is 13.1. The molecule has 1 aliphatic rings. The molecule has 0 N–H and O–H groups in total. The van der Waals surface area contributed by atoms with Crippen molar-refractivity contribution in [3.63, 3.8) is 0 Å². The normalized spacial score (nSPS) is 23.1. The van der Waals surface area contributed by atoms with E-state index in [9.17, 15) is 22.4 Å². The molecule has 1 nitrogen and oxygen atoms in total. The van der Waals surface area contributed by atoms with Crippen LogP contribution in [0.2, 0.25) is 0 Å². The van der Waals surface area contributed by atoms with E-state index in [1.54, 1.807) is 0 Å². The lowest BCUT2D eigenvalue weighted by Crippen LogP contribution is -2.30. The van der Waals surface area contributed by atoms with Gasteiger partial charge in [-0.1, -0.05) is 6.07 Å². The summed E-state index contributed by atoms with van der Waals surface area (Å²) in [7, 11) is 0. The molecule has 1 aromatic carbocycles. The van der Waals surface area contributed by atoms with Crippen molar-refractivity contribution in [2.24, 2.45) is 11.8 Å². The largest absolute Gasteiger partial charge is 0.391 e. The Morgan fingerprint density at radius 1 is 1.19 bits per heavy atom. The SMILES string of the molecule is O=C(Cc1ccc(F)c(Br)c1)C1CCC(C(F)(F)F)CC1.